The average Bonchev–Trinajstić information content (AvgIpc) is 4.01. The highest BCUT2D eigenvalue weighted by atomic mass is 32.1. The minimum Gasteiger partial charge on any atom is -0.494 e. The number of hydrogen-bond donors (Lipinski definition) is 3. The SMILES string of the molecule is CCn1nc(C)cc1C(=O)/N=c1\[nH]c2cc(C(N)=O)cc(OCCCN3CCOCC3)c2n1C/C=C/Cn1/c(=N\C(=O)c2cnc(C)s2)[nH]c2cc(C=O)cc(OC)c21. The van der Waals surface area contributed by atoms with E-state index in [1.165, 1.54) is 24.6 Å². The fourth-order valence-corrected chi connectivity index (χ4v) is 7.62. The molecule has 18 nitrogen and oxygen atoms in total. The molecule has 2 aromatic carbocycles. The maximum atomic E-state index is 13.7. The highest BCUT2D eigenvalue weighted by molar-refractivity contribution is 7.13. The van der Waals surface area contributed by atoms with E-state index in [0.29, 0.717) is 88.0 Å². The van der Waals surface area contributed by atoms with Gasteiger partial charge in [-0.25, -0.2) is 4.98 Å². The number of amides is 3. The van der Waals surface area contributed by atoms with E-state index in [1.807, 2.05) is 26.0 Å². The zero-order valence-corrected chi connectivity index (χ0v) is 34.0. The molecule has 308 valence electrons. The minimum atomic E-state index is -0.639. The summed E-state index contributed by atoms with van der Waals surface area (Å²) in [7, 11) is 1.50. The fraction of sp³-hybridized carbons (Fsp3) is 0.350. The number of fused-ring (bicyclic) bond motifs is 2. The molecule has 4 aromatic heterocycles. The Labute approximate surface area is 341 Å². The van der Waals surface area contributed by atoms with E-state index in [1.54, 1.807) is 51.1 Å². The van der Waals surface area contributed by atoms with Crippen molar-refractivity contribution in [2.24, 2.45) is 15.7 Å². The lowest BCUT2D eigenvalue weighted by Crippen LogP contribution is -2.37. The number of ether oxygens (including phenoxy) is 3. The first-order valence-corrected chi connectivity index (χ1v) is 19.9. The van der Waals surface area contributed by atoms with Crippen LogP contribution in [0.4, 0.5) is 0 Å². The van der Waals surface area contributed by atoms with Crippen molar-refractivity contribution in [3.05, 3.63) is 92.3 Å². The number of aryl methyl sites for hydroxylation is 3. The summed E-state index contributed by atoms with van der Waals surface area (Å²) in [6.45, 7) is 10.6. The Morgan fingerprint density at radius 2 is 1.63 bits per heavy atom. The summed E-state index contributed by atoms with van der Waals surface area (Å²) in [6.07, 6.45) is 6.67. The smallest absolute Gasteiger partial charge is 0.298 e. The van der Waals surface area contributed by atoms with Crippen LogP contribution in [0.3, 0.4) is 0 Å². The number of hydrogen-bond acceptors (Lipinski definition) is 11. The van der Waals surface area contributed by atoms with E-state index < -0.39 is 17.7 Å². The largest absolute Gasteiger partial charge is 0.494 e. The van der Waals surface area contributed by atoms with Gasteiger partial charge in [0.2, 0.25) is 17.1 Å². The number of morpholine rings is 1. The number of aromatic amines is 2. The predicted octanol–water partition coefficient (Wildman–Crippen LogP) is 3.30. The molecule has 6 aromatic rings. The second kappa shape index (κ2) is 18.0. The minimum absolute atomic E-state index is 0.194. The molecule has 1 saturated heterocycles. The molecule has 19 heteroatoms. The molecule has 0 saturated carbocycles. The topological polar surface area (TPSA) is 222 Å². The number of thiazole rings is 1. The van der Waals surface area contributed by atoms with Gasteiger partial charge in [0.15, 0.2) is 0 Å². The molecule has 0 aliphatic carbocycles. The highest BCUT2D eigenvalue weighted by Crippen LogP contribution is 2.28. The molecule has 1 aliphatic heterocycles. The van der Waals surface area contributed by atoms with Crippen LogP contribution in [0, 0.1) is 13.8 Å². The number of imidazole rings is 2. The van der Waals surface area contributed by atoms with Gasteiger partial charge in [0.25, 0.3) is 11.8 Å². The lowest BCUT2D eigenvalue weighted by Gasteiger charge is -2.26. The van der Waals surface area contributed by atoms with Crippen molar-refractivity contribution >= 4 is 57.4 Å². The van der Waals surface area contributed by atoms with Crippen LogP contribution in [0.2, 0.25) is 0 Å². The monoisotopic (exact) mass is 823 g/mol. The molecule has 59 heavy (non-hydrogen) atoms. The normalized spacial score (nSPS) is 14.2. The average molecular weight is 824 g/mol. The number of methoxy groups -OCH3 is 1. The molecule has 0 spiro atoms. The van der Waals surface area contributed by atoms with Gasteiger partial charge < -0.3 is 39.0 Å². The van der Waals surface area contributed by atoms with Gasteiger partial charge in [-0.1, -0.05) is 12.2 Å². The van der Waals surface area contributed by atoms with Gasteiger partial charge in [-0.2, -0.15) is 15.1 Å². The molecular weight excluding hydrogens is 779 g/mol. The van der Waals surface area contributed by atoms with Crippen LogP contribution < -0.4 is 26.4 Å². The number of aromatic nitrogens is 7. The quantitative estimate of drug-likeness (QED) is 0.0779. The number of nitrogens with one attached hydrogen (secondary N) is 2. The summed E-state index contributed by atoms with van der Waals surface area (Å²) in [6, 6.07) is 8.17. The first-order valence-electron chi connectivity index (χ1n) is 19.1. The molecule has 3 amide bonds. The van der Waals surface area contributed by atoms with Crippen molar-refractivity contribution in [3.8, 4) is 11.5 Å². The van der Waals surface area contributed by atoms with Crippen molar-refractivity contribution in [1.29, 1.82) is 0 Å². The van der Waals surface area contributed by atoms with Crippen molar-refractivity contribution < 1.29 is 33.4 Å². The Morgan fingerprint density at radius 3 is 2.25 bits per heavy atom. The molecule has 4 N–H and O–H groups in total. The van der Waals surface area contributed by atoms with Crippen LogP contribution in [0.1, 0.15) is 64.9 Å². The maximum Gasteiger partial charge on any atom is 0.298 e. The number of aldehydes is 1. The molecular formula is C40H45N11O7S. The van der Waals surface area contributed by atoms with Crippen LogP contribution in [0.15, 0.2) is 58.7 Å². The first-order chi connectivity index (χ1) is 28.6. The number of benzene rings is 2. The zero-order valence-electron chi connectivity index (χ0n) is 33.2. The van der Waals surface area contributed by atoms with Gasteiger partial charge in [0.05, 0.1) is 54.9 Å². The third kappa shape index (κ3) is 9.01. The Balaban J connectivity index is 1.28. The van der Waals surface area contributed by atoms with Crippen LogP contribution in [0.25, 0.3) is 22.1 Å². The standard InChI is InChI=1S/C40H45N11O7S/c1-5-51-30(17-24(2)47-51)37(54)45-39-44-29-20-27(36(41)53)21-32(58-14-8-9-48-12-15-57-16-13-48)35(29)50(39)11-7-6-10-49-34-28(18-26(23-52)19-31(34)56-4)43-40(49)46-38(55)33-22-42-25(3)59-33/h6-7,17-23H,5,8-16H2,1-4H3,(H2,41,53)(H,43,46,55)(H,44,45,54)/b7-6+. The van der Waals surface area contributed by atoms with E-state index in [-0.39, 0.29) is 29.9 Å². The summed E-state index contributed by atoms with van der Waals surface area (Å²) < 4.78 is 22.7. The molecule has 1 fully saturated rings. The van der Waals surface area contributed by atoms with Crippen molar-refractivity contribution in [2.45, 2.75) is 46.8 Å². The summed E-state index contributed by atoms with van der Waals surface area (Å²) in [5.41, 5.74) is 10.0. The van der Waals surface area contributed by atoms with E-state index in [0.717, 1.165) is 31.1 Å². The third-order valence-corrected chi connectivity index (χ3v) is 10.6. The Kier molecular flexibility index (Phi) is 12.4. The Morgan fingerprint density at radius 1 is 0.949 bits per heavy atom. The summed E-state index contributed by atoms with van der Waals surface area (Å²) in [5.74, 6) is -0.828. The van der Waals surface area contributed by atoms with Crippen LogP contribution in [-0.2, 0) is 24.4 Å². The van der Waals surface area contributed by atoms with Crippen molar-refractivity contribution in [2.75, 3.05) is 46.6 Å². The first kappa shape index (κ1) is 40.7. The predicted molar refractivity (Wildman–Crippen MR) is 219 cm³/mol. The maximum absolute atomic E-state index is 13.7. The molecule has 0 radical (unpaired) electrons. The van der Waals surface area contributed by atoms with Gasteiger partial charge in [-0.3, -0.25) is 28.8 Å². The van der Waals surface area contributed by atoms with Crippen LogP contribution in [-0.4, -0.2) is 109 Å². The molecule has 0 atom stereocenters. The summed E-state index contributed by atoms with van der Waals surface area (Å²) >= 11 is 1.24. The number of nitrogens with two attached hydrogens (primary N) is 1. The fourth-order valence-electron chi connectivity index (χ4n) is 6.96. The number of rotatable bonds is 15. The van der Waals surface area contributed by atoms with Gasteiger partial charge in [0.1, 0.15) is 39.4 Å². The van der Waals surface area contributed by atoms with Gasteiger partial charge in [0, 0.05) is 50.4 Å². The van der Waals surface area contributed by atoms with Gasteiger partial charge in [-0.05, 0) is 57.5 Å². The number of allylic oxidation sites excluding steroid dienone is 2. The second-order valence-electron chi connectivity index (χ2n) is 13.8. The number of carbonyl (C=O) groups excluding carboxylic acids is 4. The van der Waals surface area contributed by atoms with E-state index in [9.17, 15) is 19.2 Å². The van der Waals surface area contributed by atoms with E-state index in [2.05, 4.69) is 34.9 Å². The zero-order chi connectivity index (χ0) is 41.6. The Bertz CT molecular complexity index is 2720. The molecule has 0 unspecified atom stereocenters. The molecule has 1 aliphatic rings. The lowest BCUT2D eigenvalue weighted by molar-refractivity contribution is 0.0358. The van der Waals surface area contributed by atoms with Crippen LogP contribution >= 0.6 is 11.3 Å². The van der Waals surface area contributed by atoms with Gasteiger partial charge in [-0.15, -0.1) is 11.3 Å². The van der Waals surface area contributed by atoms with Crippen LogP contribution in [0.5, 0.6) is 11.5 Å². The lowest BCUT2D eigenvalue weighted by atomic mass is 10.1. The van der Waals surface area contributed by atoms with Gasteiger partial charge >= 0.3 is 0 Å². The third-order valence-electron chi connectivity index (χ3n) is 9.75. The highest BCUT2D eigenvalue weighted by Gasteiger charge is 2.19. The molecule has 5 heterocycles. The summed E-state index contributed by atoms with van der Waals surface area (Å²) in [4.78, 5) is 73.4. The number of primary amides is 1. The number of carbonyl (C=O) groups is 4. The summed E-state index contributed by atoms with van der Waals surface area (Å²) in [5, 5.41) is 5.14. The van der Waals surface area contributed by atoms with Crippen molar-refractivity contribution in [1.82, 2.24) is 38.8 Å². The molecule has 0 bridgehead atoms. The number of H-pyrrole nitrogens is 2. The van der Waals surface area contributed by atoms with E-state index >= 15 is 0 Å². The van der Waals surface area contributed by atoms with Crippen molar-refractivity contribution in [3.63, 3.8) is 0 Å². The second-order valence-corrected chi connectivity index (χ2v) is 15.0. The molecule has 7 rings (SSSR count). The number of nitrogens with zero attached hydrogens (tertiary/aromatic N) is 8. The Hall–Kier alpha value is -6.44. The van der Waals surface area contributed by atoms with E-state index in [4.69, 9.17) is 19.9 Å².